The summed E-state index contributed by atoms with van der Waals surface area (Å²) in [6.07, 6.45) is 2.62. The largest absolute Gasteiger partial charge is 0.284 e. The molecule has 7 heteroatoms. The summed E-state index contributed by atoms with van der Waals surface area (Å²) >= 11 is 3.36. The fraction of sp³-hybridized carbons (Fsp3) is 0.625. The number of hydrogen-bond acceptors (Lipinski definition) is 3. The molecule has 0 saturated carbocycles. The zero-order valence-corrected chi connectivity index (χ0v) is 11.2. The first-order valence-electron chi connectivity index (χ1n) is 4.42. The molecule has 1 heterocycles. The highest BCUT2D eigenvalue weighted by atomic mass is 79.9. The molecule has 0 amide bonds. The standard InChI is InChI=1S/C8H14BrN3O2S/c1-6(9)8(2,3)12-15(13,14)7-4-10-11-5-7/h4-6,12H,1-3H3,(H,10,11). The number of aromatic nitrogens is 2. The van der Waals surface area contributed by atoms with Crippen LogP contribution < -0.4 is 4.72 Å². The van der Waals surface area contributed by atoms with E-state index in [4.69, 9.17) is 0 Å². The van der Waals surface area contributed by atoms with E-state index in [2.05, 4.69) is 30.8 Å². The number of H-pyrrole nitrogens is 1. The molecule has 1 aromatic rings. The summed E-state index contributed by atoms with van der Waals surface area (Å²) in [6, 6.07) is 0. The lowest BCUT2D eigenvalue weighted by Gasteiger charge is -2.28. The highest BCUT2D eigenvalue weighted by molar-refractivity contribution is 9.09. The SMILES string of the molecule is CC(Br)C(C)(C)NS(=O)(=O)c1cn[nH]c1. The number of sulfonamides is 1. The first-order valence-corrected chi connectivity index (χ1v) is 6.82. The Hall–Kier alpha value is -0.400. The van der Waals surface area contributed by atoms with Crippen LogP contribution in [0.15, 0.2) is 17.3 Å². The summed E-state index contributed by atoms with van der Waals surface area (Å²) in [6.45, 7) is 5.51. The number of rotatable bonds is 4. The van der Waals surface area contributed by atoms with E-state index in [-0.39, 0.29) is 9.72 Å². The number of nitrogens with one attached hydrogen (secondary N) is 2. The zero-order chi connectivity index (χ0) is 11.7. The third kappa shape index (κ3) is 3.02. The molecule has 0 bridgehead atoms. The highest BCUT2D eigenvalue weighted by Gasteiger charge is 2.30. The molecule has 0 aliphatic heterocycles. The molecular formula is C8H14BrN3O2S. The van der Waals surface area contributed by atoms with Crippen LogP contribution in [0.4, 0.5) is 0 Å². The van der Waals surface area contributed by atoms with Crippen molar-refractivity contribution in [2.75, 3.05) is 0 Å². The Bertz CT molecular complexity index is 411. The smallest absolute Gasteiger partial charge is 0.244 e. The van der Waals surface area contributed by atoms with E-state index in [1.54, 1.807) is 0 Å². The van der Waals surface area contributed by atoms with Crippen molar-refractivity contribution in [2.24, 2.45) is 0 Å². The molecule has 0 saturated heterocycles. The van der Waals surface area contributed by atoms with Gasteiger partial charge in [-0.25, -0.2) is 13.1 Å². The molecule has 86 valence electrons. The quantitative estimate of drug-likeness (QED) is 0.821. The van der Waals surface area contributed by atoms with E-state index >= 15 is 0 Å². The van der Waals surface area contributed by atoms with Gasteiger partial charge < -0.3 is 0 Å². The van der Waals surface area contributed by atoms with Crippen LogP contribution in [0.25, 0.3) is 0 Å². The van der Waals surface area contributed by atoms with Gasteiger partial charge in [0.25, 0.3) is 0 Å². The molecule has 1 atom stereocenters. The Kier molecular flexibility index (Phi) is 3.57. The third-order valence-corrected chi connectivity index (χ3v) is 4.96. The molecule has 0 spiro atoms. The Labute approximate surface area is 97.8 Å². The van der Waals surface area contributed by atoms with Gasteiger partial charge in [-0.15, -0.1) is 0 Å². The van der Waals surface area contributed by atoms with E-state index in [0.29, 0.717) is 0 Å². The Morgan fingerprint density at radius 3 is 2.60 bits per heavy atom. The van der Waals surface area contributed by atoms with Crippen molar-refractivity contribution < 1.29 is 8.42 Å². The van der Waals surface area contributed by atoms with Crippen LogP contribution in [0.5, 0.6) is 0 Å². The predicted octanol–water partition coefficient (Wildman–Crippen LogP) is 1.25. The molecular weight excluding hydrogens is 282 g/mol. The minimum atomic E-state index is -3.49. The zero-order valence-electron chi connectivity index (χ0n) is 8.78. The van der Waals surface area contributed by atoms with Gasteiger partial charge >= 0.3 is 0 Å². The molecule has 0 fully saturated rings. The first kappa shape index (κ1) is 12.7. The average Bonchev–Trinajstić information content (AvgIpc) is 2.53. The molecule has 2 N–H and O–H groups in total. The van der Waals surface area contributed by atoms with Crippen molar-refractivity contribution in [1.82, 2.24) is 14.9 Å². The summed E-state index contributed by atoms with van der Waals surface area (Å²) in [5, 5.41) is 6.08. The van der Waals surface area contributed by atoms with E-state index in [1.807, 2.05) is 20.8 Å². The molecule has 1 unspecified atom stereocenters. The summed E-state index contributed by atoms with van der Waals surface area (Å²) in [7, 11) is -3.49. The van der Waals surface area contributed by atoms with Gasteiger partial charge in [-0.3, -0.25) is 5.10 Å². The van der Waals surface area contributed by atoms with E-state index in [0.717, 1.165) is 0 Å². The van der Waals surface area contributed by atoms with Gasteiger partial charge in [-0.1, -0.05) is 22.9 Å². The highest BCUT2D eigenvalue weighted by Crippen LogP contribution is 2.19. The predicted molar refractivity (Wildman–Crippen MR) is 61.4 cm³/mol. The van der Waals surface area contributed by atoms with Gasteiger partial charge in [0, 0.05) is 16.6 Å². The number of halogens is 1. The number of nitrogens with zero attached hydrogens (tertiary/aromatic N) is 1. The van der Waals surface area contributed by atoms with Gasteiger partial charge in [0.2, 0.25) is 10.0 Å². The molecule has 5 nitrogen and oxygen atoms in total. The van der Waals surface area contributed by atoms with Crippen molar-refractivity contribution in [1.29, 1.82) is 0 Å². The lowest BCUT2D eigenvalue weighted by Crippen LogP contribution is -2.48. The van der Waals surface area contributed by atoms with Crippen LogP contribution in [0, 0.1) is 0 Å². The lowest BCUT2D eigenvalue weighted by molar-refractivity contribution is 0.454. The van der Waals surface area contributed by atoms with Crippen LogP contribution in [-0.4, -0.2) is 29.0 Å². The lowest BCUT2D eigenvalue weighted by atomic mass is 10.0. The van der Waals surface area contributed by atoms with Gasteiger partial charge in [0.05, 0.1) is 6.20 Å². The molecule has 0 aromatic carbocycles. The van der Waals surface area contributed by atoms with Crippen LogP contribution >= 0.6 is 15.9 Å². The second-order valence-electron chi connectivity index (χ2n) is 3.88. The molecule has 1 aromatic heterocycles. The molecule has 1 rings (SSSR count). The van der Waals surface area contributed by atoms with Crippen molar-refractivity contribution in [3.05, 3.63) is 12.4 Å². The number of aromatic amines is 1. The van der Waals surface area contributed by atoms with Crippen molar-refractivity contribution in [2.45, 2.75) is 36.0 Å². The molecule has 0 aliphatic carbocycles. The Morgan fingerprint density at radius 1 is 1.60 bits per heavy atom. The van der Waals surface area contributed by atoms with Gasteiger partial charge in [-0.05, 0) is 13.8 Å². The third-order valence-electron chi connectivity index (χ3n) is 2.18. The summed E-state index contributed by atoms with van der Waals surface area (Å²) in [5.41, 5.74) is -0.559. The monoisotopic (exact) mass is 295 g/mol. The topological polar surface area (TPSA) is 74.8 Å². The van der Waals surface area contributed by atoms with E-state index < -0.39 is 15.6 Å². The Morgan fingerprint density at radius 2 is 2.20 bits per heavy atom. The molecule has 15 heavy (non-hydrogen) atoms. The number of hydrogen-bond donors (Lipinski definition) is 2. The Balaban J connectivity index is 2.92. The van der Waals surface area contributed by atoms with Crippen LogP contribution in [0.1, 0.15) is 20.8 Å². The normalized spacial score (nSPS) is 15.2. The van der Waals surface area contributed by atoms with Crippen molar-refractivity contribution in [3.8, 4) is 0 Å². The van der Waals surface area contributed by atoms with Gasteiger partial charge in [0.15, 0.2) is 0 Å². The average molecular weight is 296 g/mol. The fourth-order valence-electron chi connectivity index (χ4n) is 0.872. The summed E-state index contributed by atoms with van der Waals surface area (Å²) in [5.74, 6) is 0. The minimum absolute atomic E-state index is 0.0201. The van der Waals surface area contributed by atoms with Crippen LogP contribution in [-0.2, 0) is 10.0 Å². The molecule has 0 radical (unpaired) electrons. The maximum atomic E-state index is 11.8. The molecule has 0 aliphatic rings. The fourth-order valence-corrected chi connectivity index (χ4v) is 2.52. The van der Waals surface area contributed by atoms with Gasteiger partial charge in [0.1, 0.15) is 4.90 Å². The van der Waals surface area contributed by atoms with Crippen molar-refractivity contribution in [3.63, 3.8) is 0 Å². The van der Waals surface area contributed by atoms with E-state index in [9.17, 15) is 8.42 Å². The number of alkyl halides is 1. The maximum Gasteiger partial charge on any atom is 0.244 e. The van der Waals surface area contributed by atoms with Crippen LogP contribution in [0.2, 0.25) is 0 Å². The van der Waals surface area contributed by atoms with Crippen LogP contribution in [0.3, 0.4) is 0 Å². The second-order valence-corrected chi connectivity index (χ2v) is 6.93. The summed E-state index contributed by atoms with van der Waals surface area (Å²) < 4.78 is 26.2. The minimum Gasteiger partial charge on any atom is -0.284 e. The first-order chi connectivity index (χ1) is 6.76. The second kappa shape index (κ2) is 4.23. The maximum absolute atomic E-state index is 11.8. The van der Waals surface area contributed by atoms with E-state index in [1.165, 1.54) is 12.4 Å². The van der Waals surface area contributed by atoms with Gasteiger partial charge in [-0.2, -0.15) is 5.10 Å². The summed E-state index contributed by atoms with van der Waals surface area (Å²) in [4.78, 5) is 0.162. The van der Waals surface area contributed by atoms with Crippen molar-refractivity contribution >= 4 is 26.0 Å².